The zero-order valence-corrected chi connectivity index (χ0v) is 9.79. The van der Waals surface area contributed by atoms with Crippen molar-refractivity contribution >= 4 is 0 Å². The maximum atomic E-state index is 13.5. The fourth-order valence-corrected chi connectivity index (χ4v) is 2.36. The molecule has 0 amide bonds. The maximum Gasteiger partial charge on any atom is 0.128 e. The van der Waals surface area contributed by atoms with Crippen LogP contribution in [0.2, 0.25) is 0 Å². The van der Waals surface area contributed by atoms with Gasteiger partial charge in [-0.25, -0.2) is 4.39 Å². The van der Waals surface area contributed by atoms with Crippen molar-refractivity contribution in [3.63, 3.8) is 0 Å². The first-order valence-corrected chi connectivity index (χ1v) is 5.75. The Kier molecular flexibility index (Phi) is 3.44. The second-order valence-corrected chi connectivity index (χ2v) is 4.28. The van der Waals surface area contributed by atoms with Gasteiger partial charge in [0.25, 0.3) is 0 Å². The van der Waals surface area contributed by atoms with Crippen molar-refractivity contribution in [1.29, 1.82) is 0 Å². The van der Waals surface area contributed by atoms with Crippen molar-refractivity contribution in [2.45, 2.75) is 25.4 Å². The summed E-state index contributed by atoms with van der Waals surface area (Å²) in [6.07, 6.45) is 0.116. The lowest BCUT2D eigenvalue weighted by atomic mass is 9.94. The predicted octanol–water partition coefficient (Wildman–Crippen LogP) is 2.80. The quantitative estimate of drug-likeness (QED) is 0.850. The van der Waals surface area contributed by atoms with E-state index in [1.54, 1.807) is 20.1 Å². The standard InChI is InChI=1S/C13H18FNO/c1-9(14)11-4-3-5-12(13(11)16-2)10-6-7-15-8-10/h3-5,9-10,15H,6-8H2,1-2H3. The highest BCUT2D eigenvalue weighted by molar-refractivity contribution is 5.45. The van der Waals surface area contributed by atoms with Crippen LogP contribution in [0.4, 0.5) is 4.39 Å². The van der Waals surface area contributed by atoms with Crippen molar-refractivity contribution in [2.24, 2.45) is 0 Å². The van der Waals surface area contributed by atoms with Gasteiger partial charge in [-0.15, -0.1) is 0 Å². The summed E-state index contributed by atoms with van der Waals surface area (Å²) in [5, 5.41) is 3.32. The molecular weight excluding hydrogens is 205 g/mol. The van der Waals surface area contributed by atoms with E-state index in [1.807, 2.05) is 12.1 Å². The monoisotopic (exact) mass is 223 g/mol. The summed E-state index contributed by atoms with van der Waals surface area (Å²) in [6.45, 7) is 3.54. The SMILES string of the molecule is COc1c(C(C)F)cccc1C1CCNC1. The Morgan fingerprint density at radius 1 is 1.50 bits per heavy atom. The Labute approximate surface area is 95.8 Å². The van der Waals surface area contributed by atoms with Crippen LogP contribution in [0.3, 0.4) is 0 Å². The third kappa shape index (κ3) is 2.05. The smallest absolute Gasteiger partial charge is 0.128 e. The summed E-state index contributed by atoms with van der Waals surface area (Å²) >= 11 is 0. The van der Waals surface area contributed by atoms with Crippen LogP contribution in [0.15, 0.2) is 18.2 Å². The van der Waals surface area contributed by atoms with E-state index >= 15 is 0 Å². The Bertz CT molecular complexity index is 359. The summed E-state index contributed by atoms with van der Waals surface area (Å²) in [5.41, 5.74) is 1.79. The number of halogens is 1. The van der Waals surface area contributed by atoms with Crippen molar-refractivity contribution in [3.8, 4) is 5.75 Å². The number of hydrogen-bond acceptors (Lipinski definition) is 2. The topological polar surface area (TPSA) is 21.3 Å². The van der Waals surface area contributed by atoms with Gasteiger partial charge in [0.05, 0.1) is 7.11 Å². The van der Waals surface area contributed by atoms with Gasteiger partial charge in [-0.1, -0.05) is 18.2 Å². The van der Waals surface area contributed by atoms with Gasteiger partial charge in [-0.2, -0.15) is 0 Å². The predicted molar refractivity (Wildman–Crippen MR) is 62.7 cm³/mol. The largest absolute Gasteiger partial charge is 0.496 e. The normalized spacial score (nSPS) is 22.1. The van der Waals surface area contributed by atoms with E-state index in [-0.39, 0.29) is 0 Å². The number of methoxy groups -OCH3 is 1. The van der Waals surface area contributed by atoms with Gasteiger partial charge in [-0.05, 0) is 25.5 Å². The minimum atomic E-state index is -0.982. The molecule has 1 heterocycles. The molecular formula is C13H18FNO. The van der Waals surface area contributed by atoms with Crippen LogP contribution in [0.25, 0.3) is 0 Å². The Balaban J connectivity index is 2.39. The van der Waals surface area contributed by atoms with E-state index < -0.39 is 6.17 Å². The lowest BCUT2D eigenvalue weighted by molar-refractivity contribution is 0.343. The molecule has 0 saturated carbocycles. The number of nitrogens with one attached hydrogen (secondary N) is 1. The maximum absolute atomic E-state index is 13.5. The van der Waals surface area contributed by atoms with Crippen LogP contribution in [0, 0.1) is 0 Å². The number of benzene rings is 1. The molecule has 2 nitrogen and oxygen atoms in total. The summed E-state index contributed by atoms with van der Waals surface area (Å²) in [6, 6.07) is 5.76. The second kappa shape index (κ2) is 4.83. The average molecular weight is 223 g/mol. The lowest BCUT2D eigenvalue weighted by Crippen LogP contribution is -2.09. The third-order valence-corrected chi connectivity index (χ3v) is 3.21. The molecule has 1 aliphatic rings. The number of alkyl halides is 1. The molecule has 1 N–H and O–H groups in total. The molecule has 0 aliphatic carbocycles. The van der Waals surface area contributed by atoms with Gasteiger partial charge < -0.3 is 10.1 Å². The van der Waals surface area contributed by atoms with Crippen molar-refractivity contribution in [2.75, 3.05) is 20.2 Å². The van der Waals surface area contributed by atoms with Crippen LogP contribution in [0.5, 0.6) is 5.75 Å². The molecule has 2 unspecified atom stereocenters. The summed E-state index contributed by atoms with van der Waals surface area (Å²) in [4.78, 5) is 0. The first-order valence-electron chi connectivity index (χ1n) is 5.75. The molecule has 1 aromatic rings. The van der Waals surface area contributed by atoms with E-state index in [9.17, 15) is 4.39 Å². The van der Waals surface area contributed by atoms with E-state index in [4.69, 9.17) is 4.74 Å². The highest BCUT2D eigenvalue weighted by Gasteiger charge is 2.23. The molecule has 88 valence electrons. The lowest BCUT2D eigenvalue weighted by Gasteiger charge is -2.17. The molecule has 2 atom stereocenters. The third-order valence-electron chi connectivity index (χ3n) is 3.21. The van der Waals surface area contributed by atoms with Crippen LogP contribution in [-0.2, 0) is 0 Å². The van der Waals surface area contributed by atoms with Crippen LogP contribution in [0.1, 0.15) is 36.6 Å². The highest BCUT2D eigenvalue weighted by Crippen LogP contribution is 2.36. The average Bonchev–Trinajstić information content (AvgIpc) is 2.81. The van der Waals surface area contributed by atoms with Crippen molar-refractivity contribution in [3.05, 3.63) is 29.3 Å². The number of hydrogen-bond donors (Lipinski definition) is 1. The summed E-state index contributed by atoms with van der Waals surface area (Å²) < 4.78 is 18.8. The molecule has 0 spiro atoms. The first kappa shape index (κ1) is 11.4. The molecule has 3 heteroatoms. The van der Waals surface area contributed by atoms with Gasteiger partial charge >= 0.3 is 0 Å². The molecule has 0 aromatic heterocycles. The zero-order chi connectivity index (χ0) is 11.5. The van der Waals surface area contributed by atoms with E-state index in [0.29, 0.717) is 11.5 Å². The van der Waals surface area contributed by atoms with Crippen LogP contribution in [-0.4, -0.2) is 20.2 Å². The Morgan fingerprint density at radius 3 is 2.88 bits per heavy atom. The van der Waals surface area contributed by atoms with Crippen molar-refractivity contribution < 1.29 is 9.13 Å². The van der Waals surface area contributed by atoms with E-state index in [0.717, 1.165) is 30.8 Å². The second-order valence-electron chi connectivity index (χ2n) is 4.28. The summed E-state index contributed by atoms with van der Waals surface area (Å²) in [7, 11) is 1.62. The van der Waals surface area contributed by atoms with E-state index in [1.165, 1.54) is 0 Å². The Morgan fingerprint density at radius 2 is 2.31 bits per heavy atom. The minimum absolute atomic E-state index is 0.452. The molecule has 2 rings (SSSR count). The van der Waals surface area contributed by atoms with Gasteiger partial charge in [0.15, 0.2) is 0 Å². The van der Waals surface area contributed by atoms with Crippen molar-refractivity contribution in [1.82, 2.24) is 5.32 Å². The Hall–Kier alpha value is -1.09. The van der Waals surface area contributed by atoms with Crippen LogP contribution >= 0.6 is 0 Å². The number of ether oxygens (including phenoxy) is 1. The molecule has 16 heavy (non-hydrogen) atoms. The fourth-order valence-electron chi connectivity index (χ4n) is 2.36. The summed E-state index contributed by atoms with van der Waals surface area (Å²) in [5.74, 6) is 1.18. The molecule has 1 aromatic carbocycles. The van der Waals surface area contributed by atoms with Gasteiger partial charge in [0, 0.05) is 18.0 Å². The molecule has 1 aliphatic heterocycles. The highest BCUT2D eigenvalue weighted by atomic mass is 19.1. The fraction of sp³-hybridized carbons (Fsp3) is 0.538. The first-order chi connectivity index (χ1) is 7.74. The van der Waals surface area contributed by atoms with Crippen LogP contribution < -0.4 is 10.1 Å². The van der Waals surface area contributed by atoms with Gasteiger partial charge in [-0.3, -0.25) is 0 Å². The molecule has 1 fully saturated rings. The molecule has 0 bridgehead atoms. The number of rotatable bonds is 3. The van der Waals surface area contributed by atoms with E-state index in [2.05, 4.69) is 5.32 Å². The van der Waals surface area contributed by atoms with Gasteiger partial charge in [0.2, 0.25) is 0 Å². The van der Waals surface area contributed by atoms with Gasteiger partial charge in [0.1, 0.15) is 11.9 Å². The minimum Gasteiger partial charge on any atom is -0.496 e. The number of para-hydroxylation sites is 1. The molecule has 1 saturated heterocycles. The zero-order valence-electron chi connectivity index (χ0n) is 9.79. The molecule has 0 radical (unpaired) electrons.